The average molecular weight is 407 g/mol. The summed E-state index contributed by atoms with van der Waals surface area (Å²) in [5, 5.41) is 11.9. The molecule has 0 spiro atoms. The maximum Gasteiger partial charge on any atom is 0.326 e. The van der Waals surface area contributed by atoms with Crippen molar-refractivity contribution in [1.29, 1.82) is 0 Å². The van der Waals surface area contributed by atoms with E-state index in [9.17, 15) is 19.5 Å². The predicted octanol–water partition coefficient (Wildman–Crippen LogP) is 3.09. The average Bonchev–Trinajstić information content (AvgIpc) is 3.07. The van der Waals surface area contributed by atoms with Gasteiger partial charge >= 0.3 is 5.97 Å². The lowest BCUT2D eigenvalue weighted by Gasteiger charge is -2.19. The predicted molar refractivity (Wildman–Crippen MR) is 113 cm³/mol. The molecular weight excluding hydrogens is 376 g/mol. The number of benzene rings is 1. The van der Waals surface area contributed by atoms with Crippen LogP contribution in [-0.4, -0.2) is 47.0 Å². The van der Waals surface area contributed by atoms with Gasteiger partial charge in [-0.1, -0.05) is 32.4 Å². The lowest BCUT2D eigenvalue weighted by molar-refractivity contribution is -0.142. The molecule has 2 amide bonds. The van der Waals surface area contributed by atoms with Gasteiger partial charge in [-0.2, -0.15) is 11.8 Å². The van der Waals surface area contributed by atoms with Crippen molar-refractivity contribution in [3.63, 3.8) is 0 Å². The summed E-state index contributed by atoms with van der Waals surface area (Å²) in [5.41, 5.74) is 2.02. The molecule has 2 N–H and O–H groups in total. The number of carbonyl (C=O) groups excluding carboxylic acids is 2. The van der Waals surface area contributed by atoms with E-state index >= 15 is 0 Å². The van der Waals surface area contributed by atoms with Gasteiger partial charge in [0.15, 0.2) is 0 Å². The first kappa shape index (κ1) is 22.3. The summed E-state index contributed by atoms with van der Waals surface area (Å²) >= 11 is 1.64. The van der Waals surface area contributed by atoms with Crippen molar-refractivity contribution in [3.8, 4) is 0 Å². The SMILES string of the molecule is CCCCc1ccc(N2CC(C(=O)NC(CCSCC)C(=O)O)CC2=O)cc1. The molecule has 28 heavy (non-hydrogen) atoms. The summed E-state index contributed by atoms with van der Waals surface area (Å²) in [6, 6.07) is 6.99. The normalized spacial score (nSPS) is 17.6. The number of aliphatic carboxylic acids is 1. The highest BCUT2D eigenvalue weighted by Gasteiger charge is 2.36. The van der Waals surface area contributed by atoms with Crippen LogP contribution in [0.5, 0.6) is 0 Å². The second-order valence-corrected chi connectivity index (χ2v) is 8.45. The number of hydrogen-bond donors (Lipinski definition) is 2. The van der Waals surface area contributed by atoms with Crippen LogP contribution in [0.25, 0.3) is 0 Å². The van der Waals surface area contributed by atoms with Crippen molar-refractivity contribution < 1.29 is 19.5 Å². The number of carbonyl (C=O) groups is 3. The van der Waals surface area contributed by atoms with Gasteiger partial charge in [-0.15, -0.1) is 0 Å². The monoisotopic (exact) mass is 406 g/mol. The molecule has 2 unspecified atom stereocenters. The highest BCUT2D eigenvalue weighted by Crippen LogP contribution is 2.26. The van der Waals surface area contributed by atoms with Crippen LogP contribution < -0.4 is 10.2 Å². The van der Waals surface area contributed by atoms with E-state index in [0.29, 0.717) is 12.2 Å². The molecule has 0 aliphatic carbocycles. The Morgan fingerprint density at radius 3 is 2.61 bits per heavy atom. The zero-order valence-electron chi connectivity index (χ0n) is 16.6. The molecule has 1 aromatic carbocycles. The summed E-state index contributed by atoms with van der Waals surface area (Å²) in [5.74, 6) is -0.432. The van der Waals surface area contributed by atoms with Gasteiger partial charge < -0.3 is 15.3 Å². The molecule has 0 saturated carbocycles. The molecule has 6 nitrogen and oxygen atoms in total. The number of nitrogens with one attached hydrogen (secondary N) is 1. The Kier molecular flexibility index (Phi) is 8.83. The first-order valence-electron chi connectivity index (χ1n) is 9.96. The molecule has 1 aliphatic rings. The first-order valence-corrected chi connectivity index (χ1v) is 11.1. The Morgan fingerprint density at radius 2 is 2.00 bits per heavy atom. The Bertz CT molecular complexity index is 677. The molecular formula is C21H30N2O4S. The minimum absolute atomic E-state index is 0.102. The van der Waals surface area contributed by atoms with Crippen LogP contribution in [0.4, 0.5) is 5.69 Å². The van der Waals surface area contributed by atoms with Crippen molar-refractivity contribution in [2.45, 2.75) is 52.0 Å². The summed E-state index contributed by atoms with van der Waals surface area (Å²) in [4.78, 5) is 38.0. The van der Waals surface area contributed by atoms with Crippen molar-refractivity contribution in [2.24, 2.45) is 5.92 Å². The zero-order chi connectivity index (χ0) is 20.5. The summed E-state index contributed by atoms with van der Waals surface area (Å²) in [6.45, 7) is 4.45. The third-order valence-electron chi connectivity index (χ3n) is 4.93. The number of rotatable bonds is 11. The van der Waals surface area contributed by atoms with Gasteiger partial charge in [0.2, 0.25) is 11.8 Å². The standard InChI is InChI=1S/C21H30N2O4S/c1-3-5-6-15-7-9-17(10-8-15)23-14-16(13-19(23)24)20(25)22-18(21(26)27)11-12-28-4-2/h7-10,16,18H,3-6,11-14H2,1-2H3,(H,22,25)(H,26,27). The Morgan fingerprint density at radius 1 is 1.29 bits per heavy atom. The highest BCUT2D eigenvalue weighted by molar-refractivity contribution is 7.99. The van der Waals surface area contributed by atoms with Crippen LogP contribution in [0, 0.1) is 5.92 Å². The molecule has 2 atom stereocenters. The Labute approximate surface area is 171 Å². The fourth-order valence-electron chi connectivity index (χ4n) is 3.25. The number of hydrogen-bond acceptors (Lipinski definition) is 4. The van der Waals surface area contributed by atoms with Crippen LogP contribution in [0.1, 0.15) is 45.1 Å². The van der Waals surface area contributed by atoms with Crippen molar-refractivity contribution >= 4 is 35.2 Å². The van der Waals surface area contributed by atoms with Crippen LogP contribution >= 0.6 is 11.8 Å². The number of carboxylic acids is 1. The summed E-state index contributed by atoms with van der Waals surface area (Å²) < 4.78 is 0. The second kappa shape index (κ2) is 11.1. The third kappa shape index (κ3) is 6.26. The first-order chi connectivity index (χ1) is 13.5. The fraction of sp³-hybridized carbons (Fsp3) is 0.571. The van der Waals surface area contributed by atoms with Gasteiger partial charge in [0.1, 0.15) is 6.04 Å². The van der Waals surface area contributed by atoms with E-state index in [-0.39, 0.29) is 24.8 Å². The number of carboxylic acid groups (broad SMARTS) is 1. The lowest BCUT2D eigenvalue weighted by Crippen LogP contribution is -2.44. The zero-order valence-corrected chi connectivity index (χ0v) is 17.5. The number of unbranched alkanes of at least 4 members (excludes halogenated alkanes) is 1. The highest BCUT2D eigenvalue weighted by atomic mass is 32.2. The van der Waals surface area contributed by atoms with Gasteiger partial charge in [-0.3, -0.25) is 9.59 Å². The molecule has 154 valence electrons. The van der Waals surface area contributed by atoms with E-state index in [1.54, 1.807) is 16.7 Å². The van der Waals surface area contributed by atoms with Crippen LogP contribution in [-0.2, 0) is 20.8 Å². The molecule has 7 heteroatoms. The van der Waals surface area contributed by atoms with E-state index in [1.165, 1.54) is 5.56 Å². The van der Waals surface area contributed by atoms with Crippen molar-refractivity contribution in [2.75, 3.05) is 23.0 Å². The molecule has 0 bridgehead atoms. The summed E-state index contributed by atoms with van der Waals surface area (Å²) in [7, 11) is 0. The van der Waals surface area contributed by atoms with Crippen molar-refractivity contribution in [1.82, 2.24) is 5.32 Å². The van der Waals surface area contributed by atoms with Crippen LogP contribution in [0.15, 0.2) is 24.3 Å². The fourth-order valence-corrected chi connectivity index (χ4v) is 3.94. The van der Waals surface area contributed by atoms with Crippen LogP contribution in [0.3, 0.4) is 0 Å². The quantitative estimate of drug-likeness (QED) is 0.552. The number of thioether (sulfide) groups is 1. The van der Waals surface area contributed by atoms with Gasteiger partial charge in [0, 0.05) is 18.7 Å². The van der Waals surface area contributed by atoms with E-state index in [1.807, 2.05) is 31.2 Å². The van der Waals surface area contributed by atoms with E-state index in [0.717, 1.165) is 30.7 Å². The maximum atomic E-state index is 12.5. The summed E-state index contributed by atoms with van der Waals surface area (Å²) in [6.07, 6.45) is 3.77. The molecule has 0 aromatic heterocycles. The van der Waals surface area contributed by atoms with Crippen LogP contribution in [0.2, 0.25) is 0 Å². The number of anilines is 1. The van der Waals surface area contributed by atoms with E-state index in [4.69, 9.17) is 0 Å². The topological polar surface area (TPSA) is 86.7 Å². The smallest absolute Gasteiger partial charge is 0.326 e. The van der Waals surface area contributed by atoms with E-state index < -0.39 is 17.9 Å². The lowest BCUT2D eigenvalue weighted by atomic mass is 10.1. The molecule has 1 heterocycles. The Balaban J connectivity index is 1.95. The molecule has 2 rings (SSSR count). The van der Waals surface area contributed by atoms with Crippen molar-refractivity contribution in [3.05, 3.63) is 29.8 Å². The van der Waals surface area contributed by atoms with Gasteiger partial charge in [0.25, 0.3) is 0 Å². The number of nitrogens with zero attached hydrogens (tertiary/aromatic N) is 1. The molecule has 1 aromatic rings. The molecule has 0 radical (unpaired) electrons. The van der Waals surface area contributed by atoms with E-state index in [2.05, 4.69) is 12.2 Å². The minimum Gasteiger partial charge on any atom is -0.480 e. The molecule has 1 aliphatic heterocycles. The van der Waals surface area contributed by atoms with Gasteiger partial charge in [-0.25, -0.2) is 4.79 Å². The number of aryl methyl sites for hydroxylation is 1. The third-order valence-corrected chi connectivity index (χ3v) is 5.87. The van der Waals surface area contributed by atoms with Gasteiger partial charge in [0.05, 0.1) is 5.92 Å². The Hall–Kier alpha value is -2.02. The van der Waals surface area contributed by atoms with Gasteiger partial charge in [-0.05, 0) is 48.5 Å². The molecule has 1 fully saturated rings. The number of amides is 2. The largest absolute Gasteiger partial charge is 0.480 e. The second-order valence-electron chi connectivity index (χ2n) is 7.06. The maximum absolute atomic E-state index is 12.5. The molecule has 1 saturated heterocycles. The minimum atomic E-state index is -1.03.